The Morgan fingerprint density at radius 3 is 2.78 bits per heavy atom. The number of imidazole rings is 1. The second-order valence-electron chi connectivity index (χ2n) is 3.87. The first-order chi connectivity index (χ1) is 8.63. The van der Waals surface area contributed by atoms with Crippen LogP contribution in [0.1, 0.15) is 0 Å². The molecule has 0 aliphatic carbocycles. The molecule has 0 radical (unpaired) electrons. The number of fused-ring (bicyclic) bond motifs is 1. The van der Waals surface area contributed by atoms with Gasteiger partial charge in [-0.25, -0.2) is 9.37 Å². The van der Waals surface area contributed by atoms with E-state index in [-0.39, 0.29) is 5.02 Å². The van der Waals surface area contributed by atoms with E-state index in [9.17, 15) is 4.39 Å². The van der Waals surface area contributed by atoms with Gasteiger partial charge in [0, 0.05) is 22.4 Å². The van der Waals surface area contributed by atoms with Crippen LogP contribution in [0.25, 0.3) is 16.9 Å². The summed E-state index contributed by atoms with van der Waals surface area (Å²) < 4.78 is 16.0. The van der Waals surface area contributed by atoms with Crippen LogP contribution in [0.4, 0.5) is 4.39 Å². The molecular weight excluding hydrogens is 319 g/mol. The number of hydrogen-bond acceptors (Lipinski definition) is 1. The molecule has 2 nitrogen and oxygen atoms in total. The number of halogens is 3. The third-order valence-electron chi connectivity index (χ3n) is 2.63. The lowest BCUT2D eigenvalue weighted by Gasteiger charge is -1.97. The van der Waals surface area contributed by atoms with Gasteiger partial charge in [-0.2, -0.15) is 0 Å². The van der Waals surface area contributed by atoms with Crippen LogP contribution in [0.15, 0.2) is 47.2 Å². The predicted octanol–water partition coefficient (Wildman–Crippen LogP) is 4.56. The van der Waals surface area contributed by atoms with Crippen LogP contribution in [0.5, 0.6) is 0 Å². The Bertz CT molecular complexity index is 739. The first kappa shape index (κ1) is 11.7. The highest BCUT2D eigenvalue weighted by atomic mass is 79.9. The Morgan fingerprint density at radius 2 is 2.00 bits per heavy atom. The van der Waals surface area contributed by atoms with Crippen molar-refractivity contribution in [3.8, 4) is 11.3 Å². The van der Waals surface area contributed by atoms with Crippen molar-refractivity contribution in [3.63, 3.8) is 0 Å². The molecule has 18 heavy (non-hydrogen) atoms. The van der Waals surface area contributed by atoms with Gasteiger partial charge in [0.25, 0.3) is 0 Å². The molecule has 0 fully saturated rings. The van der Waals surface area contributed by atoms with Crippen LogP contribution in [0.2, 0.25) is 5.02 Å². The smallest absolute Gasteiger partial charge is 0.141 e. The van der Waals surface area contributed by atoms with Gasteiger partial charge in [-0.15, -0.1) is 0 Å². The molecule has 3 aromatic rings. The topological polar surface area (TPSA) is 17.3 Å². The van der Waals surface area contributed by atoms with Crippen molar-refractivity contribution >= 4 is 33.2 Å². The monoisotopic (exact) mass is 324 g/mol. The van der Waals surface area contributed by atoms with Crippen LogP contribution in [-0.4, -0.2) is 9.38 Å². The number of nitrogens with zero attached hydrogens (tertiary/aromatic N) is 2. The first-order valence-electron chi connectivity index (χ1n) is 5.23. The molecule has 0 spiro atoms. The Morgan fingerprint density at radius 1 is 1.17 bits per heavy atom. The molecule has 0 saturated heterocycles. The molecule has 0 atom stereocenters. The van der Waals surface area contributed by atoms with Crippen molar-refractivity contribution in [2.75, 3.05) is 0 Å². The van der Waals surface area contributed by atoms with Crippen molar-refractivity contribution in [2.45, 2.75) is 0 Å². The van der Waals surface area contributed by atoms with Crippen molar-refractivity contribution in [1.29, 1.82) is 0 Å². The molecule has 0 aliphatic heterocycles. The largest absolute Gasteiger partial charge is 0.305 e. The van der Waals surface area contributed by atoms with Gasteiger partial charge in [0.05, 0.1) is 10.7 Å². The third kappa shape index (κ3) is 2.02. The van der Waals surface area contributed by atoms with Gasteiger partial charge < -0.3 is 4.40 Å². The highest BCUT2D eigenvalue weighted by molar-refractivity contribution is 9.10. The second-order valence-corrected chi connectivity index (χ2v) is 5.19. The van der Waals surface area contributed by atoms with E-state index in [1.165, 1.54) is 6.07 Å². The van der Waals surface area contributed by atoms with Gasteiger partial charge >= 0.3 is 0 Å². The van der Waals surface area contributed by atoms with Crippen LogP contribution in [0.3, 0.4) is 0 Å². The fourth-order valence-electron chi connectivity index (χ4n) is 1.76. The molecule has 5 heteroatoms. The van der Waals surface area contributed by atoms with Gasteiger partial charge in [-0.3, -0.25) is 0 Å². The van der Waals surface area contributed by atoms with E-state index in [2.05, 4.69) is 20.9 Å². The zero-order chi connectivity index (χ0) is 12.7. The molecule has 0 amide bonds. The van der Waals surface area contributed by atoms with E-state index in [0.717, 1.165) is 21.4 Å². The molecule has 2 aromatic heterocycles. The fourth-order valence-corrected chi connectivity index (χ4v) is 2.29. The summed E-state index contributed by atoms with van der Waals surface area (Å²) in [6, 6.07) is 8.41. The Kier molecular flexibility index (Phi) is 2.84. The van der Waals surface area contributed by atoms with Crippen molar-refractivity contribution < 1.29 is 4.39 Å². The van der Waals surface area contributed by atoms with Gasteiger partial charge in [-0.1, -0.05) is 11.6 Å². The quantitative estimate of drug-likeness (QED) is 0.641. The minimum atomic E-state index is -0.424. The molecule has 0 saturated carbocycles. The number of aromatic nitrogens is 2. The first-order valence-corrected chi connectivity index (χ1v) is 6.40. The molecule has 2 heterocycles. The average molecular weight is 326 g/mol. The molecule has 1 aromatic carbocycles. The molecule has 90 valence electrons. The standard InChI is InChI=1S/C13H7BrClFN2/c14-9-2-4-13-17-12(7-18(13)6-9)8-1-3-11(16)10(15)5-8/h1-7H. The highest BCUT2D eigenvalue weighted by Crippen LogP contribution is 2.25. The van der Waals surface area contributed by atoms with E-state index in [1.807, 2.05) is 28.9 Å². The average Bonchev–Trinajstić information content (AvgIpc) is 2.75. The zero-order valence-corrected chi connectivity index (χ0v) is 11.4. The summed E-state index contributed by atoms with van der Waals surface area (Å²) in [5, 5.41) is 0.103. The van der Waals surface area contributed by atoms with Crippen molar-refractivity contribution in [2.24, 2.45) is 0 Å². The normalized spacial score (nSPS) is 11.1. The maximum Gasteiger partial charge on any atom is 0.141 e. The minimum Gasteiger partial charge on any atom is -0.305 e. The lowest BCUT2D eigenvalue weighted by atomic mass is 10.2. The van der Waals surface area contributed by atoms with Crippen LogP contribution < -0.4 is 0 Å². The summed E-state index contributed by atoms with van der Waals surface area (Å²) in [6.07, 6.45) is 3.79. The van der Waals surface area contributed by atoms with Crippen molar-refractivity contribution in [3.05, 3.63) is 58.0 Å². The summed E-state index contributed by atoms with van der Waals surface area (Å²) in [5.74, 6) is -0.424. The minimum absolute atomic E-state index is 0.103. The highest BCUT2D eigenvalue weighted by Gasteiger charge is 2.07. The predicted molar refractivity (Wildman–Crippen MR) is 73.3 cm³/mol. The van der Waals surface area contributed by atoms with E-state index < -0.39 is 5.82 Å². The van der Waals surface area contributed by atoms with Crippen LogP contribution >= 0.6 is 27.5 Å². The molecule has 3 rings (SSSR count). The van der Waals surface area contributed by atoms with Gasteiger partial charge in [0.2, 0.25) is 0 Å². The molecule has 0 N–H and O–H groups in total. The van der Waals surface area contributed by atoms with Crippen molar-refractivity contribution in [1.82, 2.24) is 9.38 Å². The van der Waals surface area contributed by atoms with Crippen LogP contribution in [0, 0.1) is 5.82 Å². The van der Waals surface area contributed by atoms with Gasteiger partial charge in [-0.05, 0) is 46.3 Å². The molecule has 0 aliphatic rings. The SMILES string of the molecule is Fc1ccc(-c2cn3cc(Br)ccc3n2)cc1Cl. The van der Waals surface area contributed by atoms with Gasteiger partial charge in [0.1, 0.15) is 11.5 Å². The van der Waals surface area contributed by atoms with Crippen LogP contribution in [-0.2, 0) is 0 Å². The number of rotatable bonds is 1. The fraction of sp³-hybridized carbons (Fsp3) is 0. The van der Waals surface area contributed by atoms with Gasteiger partial charge in [0.15, 0.2) is 0 Å². The Balaban J connectivity index is 2.16. The van der Waals surface area contributed by atoms with E-state index in [0.29, 0.717) is 0 Å². The summed E-state index contributed by atoms with van der Waals surface area (Å²) in [6.45, 7) is 0. The third-order valence-corrected chi connectivity index (χ3v) is 3.39. The summed E-state index contributed by atoms with van der Waals surface area (Å²) in [5.41, 5.74) is 2.38. The molecule has 0 unspecified atom stereocenters. The summed E-state index contributed by atoms with van der Waals surface area (Å²) >= 11 is 9.17. The second kappa shape index (κ2) is 4.37. The lowest BCUT2D eigenvalue weighted by Crippen LogP contribution is -1.80. The maximum atomic E-state index is 13.1. The Labute approximate surface area is 116 Å². The molecule has 0 bridgehead atoms. The van der Waals surface area contributed by atoms with E-state index in [4.69, 9.17) is 11.6 Å². The van der Waals surface area contributed by atoms with E-state index in [1.54, 1.807) is 12.1 Å². The Hall–Kier alpha value is -1.39. The van der Waals surface area contributed by atoms with E-state index >= 15 is 0 Å². The summed E-state index contributed by atoms with van der Waals surface area (Å²) in [7, 11) is 0. The lowest BCUT2D eigenvalue weighted by molar-refractivity contribution is 0.628. The zero-order valence-electron chi connectivity index (χ0n) is 9.07. The number of benzene rings is 1. The number of pyridine rings is 1. The number of hydrogen-bond donors (Lipinski definition) is 0. The maximum absolute atomic E-state index is 13.1. The molecular formula is C13H7BrClFN2. The summed E-state index contributed by atoms with van der Waals surface area (Å²) in [4.78, 5) is 4.46.